The van der Waals surface area contributed by atoms with Gasteiger partial charge < -0.3 is 25.4 Å². The summed E-state index contributed by atoms with van der Waals surface area (Å²) in [5, 5.41) is 34.0. The number of amides is 2. The van der Waals surface area contributed by atoms with Gasteiger partial charge in [0.2, 0.25) is 11.8 Å². The van der Waals surface area contributed by atoms with Crippen LogP contribution in [0.2, 0.25) is 0 Å². The SMILES string of the molecule is CNC(=O)[C@@H](NC(=O)[C@@H](c1ccn(-c2ccc(-c3ccc(C#N)cc3)cc2)c1)[C@H](O)C(=O)O)C(C)(C)C. The van der Waals surface area contributed by atoms with Gasteiger partial charge in [-0.25, -0.2) is 4.79 Å². The fourth-order valence-corrected chi connectivity index (χ4v) is 3.99. The van der Waals surface area contributed by atoms with Gasteiger partial charge in [0.25, 0.3) is 0 Å². The maximum absolute atomic E-state index is 13.2. The van der Waals surface area contributed by atoms with E-state index >= 15 is 0 Å². The Hall–Kier alpha value is -4.42. The standard InChI is InChI=1S/C28H30N4O5/c1-28(2,3)24(26(35)30-4)31-25(34)22(23(33)27(36)37)20-13-14-32(16-20)21-11-9-19(10-12-21)18-7-5-17(15-29)6-8-18/h5-14,16,22-24,33H,1-4H3,(H,30,35)(H,31,34)(H,36,37)/t22-,23-,24+/m0/s1. The van der Waals surface area contributed by atoms with E-state index < -0.39 is 41.3 Å². The summed E-state index contributed by atoms with van der Waals surface area (Å²) in [4.78, 5) is 37.2. The number of benzene rings is 2. The number of hydrogen-bond donors (Lipinski definition) is 4. The first-order valence-corrected chi connectivity index (χ1v) is 11.7. The van der Waals surface area contributed by atoms with Gasteiger partial charge in [0.1, 0.15) is 12.0 Å². The summed E-state index contributed by atoms with van der Waals surface area (Å²) in [6.45, 7) is 5.31. The quantitative estimate of drug-likeness (QED) is 0.373. The predicted molar refractivity (Wildman–Crippen MR) is 138 cm³/mol. The Morgan fingerprint density at radius 1 is 0.946 bits per heavy atom. The molecule has 3 rings (SSSR count). The van der Waals surface area contributed by atoms with E-state index in [9.17, 15) is 24.6 Å². The third-order valence-electron chi connectivity index (χ3n) is 6.10. The smallest absolute Gasteiger partial charge is 0.333 e. The highest BCUT2D eigenvalue weighted by Gasteiger charge is 2.39. The lowest BCUT2D eigenvalue weighted by Gasteiger charge is -2.31. The van der Waals surface area contributed by atoms with Crippen LogP contribution in [0.15, 0.2) is 67.0 Å². The zero-order valence-electron chi connectivity index (χ0n) is 21.1. The van der Waals surface area contributed by atoms with E-state index in [-0.39, 0.29) is 5.56 Å². The summed E-state index contributed by atoms with van der Waals surface area (Å²) < 4.78 is 1.72. The number of carboxylic acids is 1. The van der Waals surface area contributed by atoms with Crippen LogP contribution in [0.4, 0.5) is 0 Å². The first kappa shape index (κ1) is 27.2. The van der Waals surface area contributed by atoms with Crippen molar-refractivity contribution in [3.05, 3.63) is 78.1 Å². The number of nitrogens with one attached hydrogen (secondary N) is 2. The lowest BCUT2D eigenvalue weighted by atomic mass is 9.85. The number of rotatable bonds is 8. The van der Waals surface area contributed by atoms with Crippen LogP contribution >= 0.6 is 0 Å². The van der Waals surface area contributed by atoms with Crippen molar-refractivity contribution >= 4 is 17.8 Å². The molecule has 0 unspecified atom stereocenters. The van der Waals surface area contributed by atoms with Crippen molar-refractivity contribution in [1.29, 1.82) is 5.26 Å². The molecule has 0 spiro atoms. The van der Waals surface area contributed by atoms with Crippen molar-refractivity contribution in [1.82, 2.24) is 15.2 Å². The predicted octanol–water partition coefficient (Wildman–Crippen LogP) is 2.82. The van der Waals surface area contributed by atoms with Crippen LogP contribution in [0, 0.1) is 16.7 Å². The number of likely N-dealkylation sites (N-methyl/N-ethyl adjacent to an activating group) is 1. The van der Waals surface area contributed by atoms with Gasteiger partial charge in [-0.15, -0.1) is 0 Å². The minimum atomic E-state index is -2.01. The zero-order valence-corrected chi connectivity index (χ0v) is 21.1. The number of nitriles is 1. The van der Waals surface area contributed by atoms with Crippen molar-refractivity contribution in [2.45, 2.75) is 38.8 Å². The van der Waals surface area contributed by atoms with Crippen molar-refractivity contribution in [2.75, 3.05) is 7.05 Å². The summed E-state index contributed by atoms with van der Waals surface area (Å²) in [6, 6.07) is 17.5. The number of aliphatic hydroxyl groups excluding tert-OH is 1. The van der Waals surface area contributed by atoms with E-state index in [1.165, 1.54) is 7.05 Å². The van der Waals surface area contributed by atoms with Gasteiger partial charge in [0.05, 0.1) is 11.6 Å². The van der Waals surface area contributed by atoms with Gasteiger partial charge in [-0.3, -0.25) is 9.59 Å². The molecule has 4 N–H and O–H groups in total. The average molecular weight is 503 g/mol. The second-order valence-electron chi connectivity index (χ2n) is 9.77. The van der Waals surface area contributed by atoms with E-state index in [4.69, 9.17) is 5.26 Å². The first-order valence-electron chi connectivity index (χ1n) is 11.7. The van der Waals surface area contributed by atoms with Crippen LogP contribution in [0.3, 0.4) is 0 Å². The van der Waals surface area contributed by atoms with Crippen molar-refractivity contribution < 1.29 is 24.6 Å². The Balaban J connectivity index is 1.89. The molecule has 0 radical (unpaired) electrons. The van der Waals surface area contributed by atoms with E-state index in [0.29, 0.717) is 5.56 Å². The molecule has 2 aromatic carbocycles. The highest BCUT2D eigenvalue weighted by atomic mass is 16.4. The topological polar surface area (TPSA) is 144 Å². The van der Waals surface area contributed by atoms with Crippen LogP contribution in [-0.2, 0) is 14.4 Å². The highest BCUT2D eigenvalue weighted by molar-refractivity contribution is 5.94. The number of carbonyl (C=O) groups is 3. The maximum Gasteiger partial charge on any atom is 0.333 e. The van der Waals surface area contributed by atoms with Crippen molar-refractivity contribution in [2.24, 2.45) is 5.41 Å². The second kappa shape index (κ2) is 11.1. The van der Waals surface area contributed by atoms with Crippen LogP contribution in [0.1, 0.15) is 37.8 Å². The highest BCUT2D eigenvalue weighted by Crippen LogP contribution is 2.27. The van der Waals surface area contributed by atoms with Crippen molar-refractivity contribution in [3.63, 3.8) is 0 Å². The molecule has 0 aliphatic carbocycles. The van der Waals surface area contributed by atoms with Crippen LogP contribution in [0.25, 0.3) is 16.8 Å². The molecule has 37 heavy (non-hydrogen) atoms. The molecule has 0 saturated carbocycles. The molecule has 1 aromatic heterocycles. The number of carbonyl (C=O) groups excluding carboxylic acids is 2. The minimum absolute atomic E-state index is 0.285. The monoisotopic (exact) mass is 502 g/mol. The van der Waals surface area contributed by atoms with E-state index in [2.05, 4.69) is 16.7 Å². The number of carboxylic acid groups (broad SMARTS) is 1. The molecule has 3 aromatic rings. The first-order chi connectivity index (χ1) is 17.5. The fourth-order valence-electron chi connectivity index (χ4n) is 3.99. The Bertz CT molecular complexity index is 1310. The van der Waals surface area contributed by atoms with E-state index in [0.717, 1.165) is 16.8 Å². The van der Waals surface area contributed by atoms with E-state index in [1.54, 1.807) is 55.9 Å². The molecule has 2 amide bonds. The van der Waals surface area contributed by atoms with Gasteiger partial charge in [-0.1, -0.05) is 45.0 Å². The summed E-state index contributed by atoms with van der Waals surface area (Å²) in [7, 11) is 1.45. The lowest BCUT2D eigenvalue weighted by Crippen LogP contribution is -2.55. The molecule has 9 nitrogen and oxygen atoms in total. The van der Waals surface area contributed by atoms with Crippen LogP contribution in [-0.4, -0.2) is 51.8 Å². The number of hydrogen-bond acceptors (Lipinski definition) is 5. The Labute approximate surface area is 215 Å². The Morgan fingerprint density at radius 2 is 1.51 bits per heavy atom. The lowest BCUT2D eigenvalue weighted by molar-refractivity contribution is -0.151. The van der Waals surface area contributed by atoms with Gasteiger partial charge in [-0.2, -0.15) is 5.26 Å². The molecular weight excluding hydrogens is 472 g/mol. The third kappa shape index (κ3) is 6.23. The molecule has 192 valence electrons. The number of aromatic nitrogens is 1. The van der Waals surface area contributed by atoms with Gasteiger partial charge >= 0.3 is 5.97 Å². The molecular formula is C28H30N4O5. The maximum atomic E-state index is 13.2. The summed E-state index contributed by atoms with van der Waals surface area (Å²) in [6.07, 6.45) is 1.24. The molecule has 3 atom stereocenters. The Morgan fingerprint density at radius 3 is 2.00 bits per heavy atom. The van der Waals surface area contributed by atoms with Gasteiger partial charge in [-0.05, 0) is 52.4 Å². The molecule has 0 fully saturated rings. The number of aliphatic hydroxyl groups is 1. The zero-order chi connectivity index (χ0) is 27.3. The molecule has 0 aliphatic rings. The summed E-state index contributed by atoms with van der Waals surface area (Å²) in [5.74, 6) is -4.19. The molecule has 1 heterocycles. The molecule has 9 heteroatoms. The Kier molecular flexibility index (Phi) is 8.15. The van der Waals surface area contributed by atoms with Crippen LogP contribution < -0.4 is 10.6 Å². The number of nitrogens with zero attached hydrogens (tertiary/aromatic N) is 2. The average Bonchev–Trinajstić information content (AvgIpc) is 3.36. The van der Waals surface area contributed by atoms with Gasteiger partial charge in [0, 0.05) is 25.1 Å². The van der Waals surface area contributed by atoms with Gasteiger partial charge in [0.15, 0.2) is 6.10 Å². The van der Waals surface area contributed by atoms with E-state index in [1.807, 2.05) is 36.4 Å². The molecule has 0 aliphatic heterocycles. The fraction of sp³-hybridized carbons (Fsp3) is 0.286. The number of aliphatic carboxylic acids is 1. The largest absolute Gasteiger partial charge is 0.479 e. The molecule has 0 bridgehead atoms. The van der Waals surface area contributed by atoms with Crippen LogP contribution in [0.5, 0.6) is 0 Å². The second-order valence-corrected chi connectivity index (χ2v) is 9.77. The third-order valence-corrected chi connectivity index (χ3v) is 6.10. The van der Waals surface area contributed by atoms with Crippen molar-refractivity contribution in [3.8, 4) is 22.9 Å². The summed E-state index contributed by atoms with van der Waals surface area (Å²) in [5.41, 5.74) is 2.85. The normalized spacial score (nSPS) is 13.6. The summed E-state index contributed by atoms with van der Waals surface area (Å²) >= 11 is 0. The molecule has 0 saturated heterocycles. The minimum Gasteiger partial charge on any atom is -0.479 e.